The summed E-state index contributed by atoms with van der Waals surface area (Å²) in [4.78, 5) is 0. The van der Waals surface area contributed by atoms with Crippen molar-refractivity contribution in [2.24, 2.45) is 42.1 Å². The van der Waals surface area contributed by atoms with Gasteiger partial charge in [-0.25, -0.2) is 0 Å². The third-order valence-corrected chi connectivity index (χ3v) is 8.42. The molecule has 0 amide bonds. The van der Waals surface area contributed by atoms with E-state index < -0.39 is 8.07 Å². The maximum atomic E-state index is 4.79. The van der Waals surface area contributed by atoms with Crippen LogP contribution in [0.1, 0.15) is 96.9 Å². The number of hydrogen-bond acceptors (Lipinski definition) is 4. The van der Waals surface area contributed by atoms with Crippen LogP contribution in [0.5, 0.6) is 0 Å². The maximum Gasteiger partial charge on any atom is 0.0592 e. The second kappa shape index (κ2) is 10.2. The second-order valence-corrected chi connectivity index (χ2v) is 19.0. The van der Waals surface area contributed by atoms with Crippen molar-refractivity contribution in [3.05, 3.63) is 0 Å². The Labute approximate surface area is 195 Å². The number of hydrogen-bond donors (Lipinski definition) is 0. The molecule has 0 aliphatic rings. The van der Waals surface area contributed by atoms with E-state index in [1.165, 1.54) is 11.4 Å². The molecule has 0 radical (unpaired) electrons. The molecule has 0 aliphatic heterocycles. The lowest BCUT2D eigenvalue weighted by Crippen LogP contribution is -2.38. The lowest BCUT2D eigenvalue weighted by atomic mass is 9.90. The van der Waals surface area contributed by atoms with Crippen LogP contribution in [-0.2, 0) is 0 Å². The summed E-state index contributed by atoms with van der Waals surface area (Å²) in [5, 5.41) is 18.9. The van der Waals surface area contributed by atoms with Crippen molar-refractivity contribution in [1.82, 2.24) is 0 Å². The maximum absolute atomic E-state index is 4.79. The highest BCUT2D eigenvalue weighted by molar-refractivity contribution is 6.82. The molecule has 0 atom stereocenters. The fourth-order valence-electron chi connectivity index (χ4n) is 2.44. The molecule has 0 bridgehead atoms. The zero-order valence-corrected chi connectivity index (χ0v) is 24.7. The van der Waals surface area contributed by atoms with E-state index in [-0.39, 0.29) is 21.7 Å². The van der Waals surface area contributed by atoms with Gasteiger partial charge in [0.05, 0.1) is 8.07 Å². The van der Waals surface area contributed by atoms with Crippen LogP contribution in [0.3, 0.4) is 0 Å². The minimum atomic E-state index is -1.68. The molecule has 0 spiro atoms. The highest BCUT2D eigenvalue weighted by Crippen LogP contribution is 2.31. The Balaban J connectivity index is 6.03. The number of nitrogens with zero attached hydrogens (tertiary/aromatic N) is 4. The highest BCUT2D eigenvalue weighted by Gasteiger charge is 2.33. The highest BCUT2D eigenvalue weighted by atomic mass is 28.3. The average molecular weight is 449 g/mol. The Morgan fingerprint density at radius 2 is 0.742 bits per heavy atom. The molecule has 5 heteroatoms. The Morgan fingerprint density at radius 1 is 0.484 bits per heavy atom. The van der Waals surface area contributed by atoms with Gasteiger partial charge in [0.25, 0.3) is 0 Å². The molecule has 0 saturated heterocycles. The monoisotopic (exact) mass is 448 g/mol. The molecule has 0 saturated carbocycles. The molecule has 0 aromatic carbocycles. The van der Waals surface area contributed by atoms with Gasteiger partial charge in [-0.3, -0.25) is 0 Å². The Bertz CT molecular complexity index is 663. The smallest absolute Gasteiger partial charge is 0.0592 e. The first-order valence-electron chi connectivity index (χ1n) is 11.7. The van der Waals surface area contributed by atoms with Crippen LogP contribution in [0.15, 0.2) is 20.4 Å². The van der Waals surface area contributed by atoms with E-state index in [0.29, 0.717) is 0 Å². The van der Waals surface area contributed by atoms with E-state index in [2.05, 4.69) is 120 Å². The lowest BCUT2D eigenvalue weighted by Gasteiger charge is -2.32. The third-order valence-electron chi connectivity index (χ3n) is 5.84. The van der Waals surface area contributed by atoms with Crippen molar-refractivity contribution in [3.63, 3.8) is 0 Å². The summed E-state index contributed by atoms with van der Waals surface area (Å²) in [6.07, 6.45) is 0. The molecule has 180 valence electrons. The summed E-state index contributed by atoms with van der Waals surface area (Å²) in [6.45, 7) is 35.6. The van der Waals surface area contributed by atoms with Crippen LogP contribution in [0.2, 0.25) is 25.2 Å². The van der Waals surface area contributed by atoms with Crippen LogP contribution in [0.4, 0.5) is 0 Å². The van der Waals surface area contributed by atoms with Gasteiger partial charge in [-0.1, -0.05) is 96.2 Å². The Kier molecular flexibility index (Phi) is 9.86. The van der Waals surface area contributed by atoms with E-state index in [1.54, 1.807) is 0 Å². The fraction of sp³-hybridized carbons (Fsp3) is 0.846. The summed E-state index contributed by atoms with van der Waals surface area (Å²) in [5.41, 5.74) is 4.57. The van der Waals surface area contributed by atoms with Gasteiger partial charge in [0.2, 0.25) is 0 Å². The van der Waals surface area contributed by atoms with Crippen molar-refractivity contribution in [2.75, 3.05) is 0 Å². The van der Waals surface area contributed by atoms with Crippen LogP contribution in [0.25, 0.3) is 0 Å². The minimum absolute atomic E-state index is 0.00799. The van der Waals surface area contributed by atoms with Gasteiger partial charge in [0, 0.05) is 44.5 Å². The molecule has 0 aromatic rings. The topological polar surface area (TPSA) is 49.4 Å². The minimum Gasteiger partial charge on any atom is -0.160 e. The lowest BCUT2D eigenvalue weighted by molar-refractivity contribution is 0.574. The normalized spacial score (nSPS) is 16.8. The molecule has 0 aliphatic carbocycles. The van der Waals surface area contributed by atoms with Gasteiger partial charge in [-0.2, -0.15) is 20.4 Å². The SMILES string of the molecule is C/C(=N\N=C(/C[Si](C)(C)C/C(=N/N=C(\C)C(C)(C)C)C(C)(C)C)C(C)(C)C)C(C)(C)C. The molecule has 4 nitrogen and oxygen atoms in total. The van der Waals surface area contributed by atoms with Crippen molar-refractivity contribution < 1.29 is 0 Å². The summed E-state index contributed by atoms with van der Waals surface area (Å²) < 4.78 is 0. The standard InChI is InChI=1S/C26H52N4Si/c1-19(23(3,4)5)27-29-21(25(9,10)11)17-31(15,16)18-22(26(12,13)14)30-28-20(2)24(6,7)8/h17-18H2,1-16H3/b27-19+,28-20+,29-21-,30-22+. The van der Waals surface area contributed by atoms with Gasteiger partial charge in [-0.05, 0) is 25.9 Å². The quantitative estimate of drug-likeness (QED) is 0.222. The van der Waals surface area contributed by atoms with E-state index in [9.17, 15) is 0 Å². The second-order valence-electron chi connectivity index (χ2n) is 14.0. The Morgan fingerprint density at radius 3 is 0.935 bits per heavy atom. The summed E-state index contributed by atoms with van der Waals surface area (Å²) >= 11 is 0. The zero-order chi connectivity index (χ0) is 25.1. The first-order valence-corrected chi connectivity index (χ1v) is 15.1. The van der Waals surface area contributed by atoms with Crippen LogP contribution in [-0.4, -0.2) is 30.9 Å². The van der Waals surface area contributed by atoms with Crippen LogP contribution < -0.4 is 0 Å². The van der Waals surface area contributed by atoms with Crippen molar-refractivity contribution in [3.8, 4) is 0 Å². The van der Waals surface area contributed by atoms with Gasteiger partial charge in [0.15, 0.2) is 0 Å². The largest absolute Gasteiger partial charge is 0.160 e. The van der Waals surface area contributed by atoms with E-state index >= 15 is 0 Å². The first kappa shape index (κ1) is 29.9. The average Bonchev–Trinajstić information content (AvgIpc) is 2.50. The Hall–Kier alpha value is -1.10. The molecular weight excluding hydrogens is 396 g/mol. The molecule has 0 N–H and O–H groups in total. The van der Waals surface area contributed by atoms with Gasteiger partial charge in [-0.15, -0.1) is 0 Å². The summed E-state index contributed by atoms with van der Waals surface area (Å²) in [6, 6.07) is 2.02. The van der Waals surface area contributed by atoms with Gasteiger partial charge >= 0.3 is 0 Å². The van der Waals surface area contributed by atoms with E-state index in [0.717, 1.165) is 23.5 Å². The number of rotatable bonds is 6. The predicted molar refractivity (Wildman–Crippen MR) is 146 cm³/mol. The van der Waals surface area contributed by atoms with E-state index in [1.807, 2.05) is 0 Å². The first-order chi connectivity index (χ1) is 13.5. The molecule has 31 heavy (non-hydrogen) atoms. The molecular formula is C26H52N4Si. The summed E-state index contributed by atoms with van der Waals surface area (Å²) in [5.74, 6) is 0. The van der Waals surface area contributed by atoms with Crippen molar-refractivity contribution >= 4 is 30.9 Å². The molecule has 0 aromatic heterocycles. The zero-order valence-electron chi connectivity index (χ0n) is 23.7. The van der Waals surface area contributed by atoms with Crippen LogP contribution in [0, 0.1) is 21.7 Å². The van der Waals surface area contributed by atoms with Crippen molar-refractivity contribution in [1.29, 1.82) is 0 Å². The molecule has 0 unspecified atom stereocenters. The van der Waals surface area contributed by atoms with E-state index in [4.69, 9.17) is 10.2 Å². The molecule has 0 heterocycles. The predicted octanol–water partition coefficient (Wildman–Crippen LogP) is 8.51. The van der Waals surface area contributed by atoms with Crippen molar-refractivity contribution in [2.45, 2.75) is 122 Å². The van der Waals surface area contributed by atoms with Gasteiger partial charge < -0.3 is 0 Å². The van der Waals surface area contributed by atoms with Gasteiger partial charge in [0.1, 0.15) is 0 Å². The van der Waals surface area contributed by atoms with Crippen LogP contribution >= 0.6 is 0 Å². The molecule has 0 fully saturated rings. The fourth-order valence-corrected chi connectivity index (χ4v) is 5.58. The molecule has 0 rings (SSSR count). The summed E-state index contributed by atoms with van der Waals surface area (Å²) in [7, 11) is -1.68. The third kappa shape index (κ3) is 11.4.